The third-order valence-corrected chi connectivity index (χ3v) is 2.43. The number of carbonyl (C=O) groups excluding carboxylic acids is 2. The van der Waals surface area contributed by atoms with Gasteiger partial charge in [-0.2, -0.15) is 5.26 Å². The SMILES string of the molecule is COC(=O)N1C[C@H](OC(C)=O)CC[C@H]1C#N. The summed E-state index contributed by atoms with van der Waals surface area (Å²) in [5, 5.41) is 8.87. The third-order valence-electron chi connectivity index (χ3n) is 2.43. The smallest absolute Gasteiger partial charge is 0.410 e. The number of methoxy groups -OCH3 is 1. The predicted octanol–water partition coefficient (Wildman–Crippen LogP) is 0.672. The van der Waals surface area contributed by atoms with Gasteiger partial charge in [-0.1, -0.05) is 0 Å². The second-order valence-electron chi connectivity index (χ2n) is 3.58. The van der Waals surface area contributed by atoms with E-state index < -0.39 is 12.1 Å². The molecule has 0 N–H and O–H groups in total. The standard InChI is InChI=1S/C10H14N2O4/c1-7(13)16-9-4-3-8(5-11)12(6-9)10(14)15-2/h8-9H,3-4,6H2,1-2H3/t8-,9+/m0/s1. The number of carbonyl (C=O) groups is 2. The fourth-order valence-corrected chi connectivity index (χ4v) is 1.72. The summed E-state index contributed by atoms with van der Waals surface area (Å²) in [5.74, 6) is -0.384. The van der Waals surface area contributed by atoms with Crippen LogP contribution in [-0.2, 0) is 14.3 Å². The molecular formula is C10H14N2O4. The molecule has 6 nitrogen and oxygen atoms in total. The zero-order chi connectivity index (χ0) is 12.1. The van der Waals surface area contributed by atoms with Crippen molar-refractivity contribution < 1.29 is 19.1 Å². The lowest BCUT2D eigenvalue weighted by Crippen LogP contribution is -2.49. The molecule has 0 aromatic rings. The van der Waals surface area contributed by atoms with Crippen LogP contribution in [0.2, 0.25) is 0 Å². The highest BCUT2D eigenvalue weighted by Crippen LogP contribution is 2.20. The number of likely N-dealkylation sites (tertiary alicyclic amines) is 1. The molecule has 0 aliphatic carbocycles. The zero-order valence-corrected chi connectivity index (χ0v) is 9.30. The van der Waals surface area contributed by atoms with E-state index in [1.54, 1.807) is 0 Å². The van der Waals surface area contributed by atoms with E-state index in [-0.39, 0.29) is 18.6 Å². The van der Waals surface area contributed by atoms with E-state index in [0.29, 0.717) is 12.8 Å². The summed E-state index contributed by atoms with van der Waals surface area (Å²) < 4.78 is 9.58. The lowest BCUT2D eigenvalue weighted by Gasteiger charge is -2.34. The number of hydrogen-bond donors (Lipinski definition) is 0. The molecule has 1 saturated heterocycles. The lowest BCUT2D eigenvalue weighted by molar-refractivity contribution is -0.149. The monoisotopic (exact) mass is 226 g/mol. The number of piperidine rings is 1. The molecule has 0 spiro atoms. The van der Waals surface area contributed by atoms with Gasteiger partial charge in [0.2, 0.25) is 0 Å². The second kappa shape index (κ2) is 5.35. The van der Waals surface area contributed by atoms with Crippen molar-refractivity contribution in [2.75, 3.05) is 13.7 Å². The Balaban J connectivity index is 2.66. The van der Waals surface area contributed by atoms with Gasteiger partial charge in [-0.3, -0.25) is 9.69 Å². The first kappa shape index (κ1) is 12.3. The summed E-state index contributed by atoms with van der Waals surface area (Å²) in [6, 6.07) is 1.53. The Kier molecular flexibility index (Phi) is 4.11. The molecule has 1 aliphatic heterocycles. The molecule has 1 aliphatic rings. The van der Waals surface area contributed by atoms with Gasteiger partial charge in [0.1, 0.15) is 12.1 Å². The molecule has 88 valence electrons. The Morgan fingerprint density at radius 1 is 1.44 bits per heavy atom. The average Bonchev–Trinajstić information content (AvgIpc) is 2.27. The molecule has 0 aromatic carbocycles. The molecule has 2 atom stereocenters. The largest absolute Gasteiger partial charge is 0.461 e. The van der Waals surface area contributed by atoms with Crippen LogP contribution in [0.15, 0.2) is 0 Å². The third kappa shape index (κ3) is 2.86. The van der Waals surface area contributed by atoms with Crippen LogP contribution >= 0.6 is 0 Å². The molecule has 0 unspecified atom stereocenters. The molecular weight excluding hydrogens is 212 g/mol. The van der Waals surface area contributed by atoms with Crippen LogP contribution in [0.1, 0.15) is 19.8 Å². The molecule has 0 saturated carbocycles. The zero-order valence-electron chi connectivity index (χ0n) is 9.30. The van der Waals surface area contributed by atoms with Gasteiger partial charge in [-0.05, 0) is 12.8 Å². The number of hydrogen-bond acceptors (Lipinski definition) is 5. The van der Waals surface area contributed by atoms with Crippen molar-refractivity contribution in [1.29, 1.82) is 5.26 Å². The van der Waals surface area contributed by atoms with E-state index in [1.807, 2.05) is 6.07 Å². The van der Waals surface area contributed by atoms with Crippen LogP contribution in [0, 0.1) is 11.3 Å². The van der Waals surface area contributed by atoms with Gasteiger partial charge < -0.3 is 9.47 Å². The van der Waals surface area contributed by atoms with Crippen molar-refractivity contribution in [3.05, 3.63) is 0 Å². The Morgan fingerprint density at radius 3 is 2.62 bits per heavy atom. The highest BCUT2D eigenvalue weighted by molar-refractivity contribution is 5.69. The number of nitrogens with zero attached hydrogens (tertiary/aromatic N) is 2. The van der Waals surface area contributed by atoms with Crippen LogP contribution < -0.4 is 0 Å². The van der Waals surface area contributed by atoms with Crippen molar-refractivity contribution in [3.8, 4) is 6.07 Å². The minimum Gasteiger partial charge on any atom is -0.461 e. The number of amides is 1. The van der Waals surface area contributed by atoms with Gasteiger partial charge in [0, 0.05) is 6.92 Å². The van der Waals surface area contributed by atoms with Gasteiger partial charge in [0.15, 0.2) is 0 Å². The van der Waals surface area contributed by atoms with Gasteiger partial charge in [0.25, 0.3) is 0 Å². The Labute approximate surface area is 93.7 Å². The van der Waals surface area contributed by atoms with Gasteiger partial charge in [-0.25, -0.2) is 4.79 Å². The van der Waals surface area contributed by atoms with Gasteiger partial charge in [-0.15, -0.1) is 0 Å². The molecule has 6 heteroatoms. The van der Waals surface area contributed by atoms with Gasteiger partial charge in [0.05, 0.1) is 19.7 Å². The summed E-state index contributed by atoms with van der Waals surface area (Å²) >= 11 is 0. The number of ether oxygens (including phenoxy) is 2. The van der Waals surface area contributed by atoms with Crippen molar-refractivity contribution in [3.63, 3.8) is 0 Å². The van der Waals surface area contributed by atoms with Crippen LogP contribution in [0.5, 0.6) is 0 Å². The maximum atomic E-state index is 11.4. The lowest BCUT2D eigenvalue weighted by atomic mass is 10.0. The van der Waals surface area contributed by atoms with Crippen molar-refractivity contribution in [2.24, 2.45) is 0 Å². The van der Waals surface area contributed by atoms with Crippen LogP contribution in [0.4, 0.5) is 4.79 Å². The van der Waals surface area contributed by atoms with E-state index in [1.165, 1.54) is 18.9 Å². The summed E-state index contributed by atoms with van der Waals surface area (Å²) in [4.78, 5) is 23.5. The summed E-state index contributed by atoms with van der Waals surface area (Å²) in [7, 11) is 1.26. The first-order valence-electron chi connectivity index (χ1n) is 5.00. The van der Waals surface area contributed by atoms with E-state index in [4.69, 9.17) is 10.00 Å². The fourth-order valence-electron chi connectivity index (χ4n) is 1.72. The fraction of sp³-hybridized carbons (Fsp3) is 0.700. The van der Waals surface area contributed by atoms with Crippen molar-refractivity contribution in [1.82, 2.24) is 4.90 Å². The number of nitriles is 1. The van der Waals surface area contributed by atoms with Gasteiger partial charge >= 0.3 is 12.1 Å². The first-order valence-corrected chi connectivity index (χ1v) is 5.00. The van der Waals surface area contributed by atoms with E-state index in [0.717, 1.165) is 0 Å². The Hall–Kier alpha value is -1.77. The van der Waals surface area contributed by atoms with Crippen molar-refractivity contribution >= 4 is 12.1 Å². The average molecular weight is 226 g/mol. The predicted molar refractivity (Wildman–Crippen MR) is 53.3 cm³/mol. The van der Waals surface area contributed by atoms with Crippen LogP contribution in [0.3, 0.4) is 0 Å². The minimum absolute atomic E-state index is 0.213. The highest BCUT2D eigenvalue weighted by atomic mass is 16.6. The van der Waals surface area contributed by atoms with E-state index in [2.05, 4.69) is 4.74 Å². The van der Waals surface area contributed by atoms with Crippen LogP contribution in [-0.4, -0.2) is 42.8 Å². The maximum Gasteiger partial charge on any atom is 0.410 e. The quantitative estimate of drug-likeness (QED) is 0.614. The maximum absolute atomic E-state index is 11.4. The molecule has 0 aromatic heterocycles. The molecule has 1 heterocycles. The number of esters is 1. The molecule has 0 bridgehead atoms. The van der Waals surface area contributed by atoms with Crippen LogP contribution in [0.25, 0.3) is 0 Å². The molecule has 16 heavy (non-hydrogen) atoms. The molecule has 1 amide bonds. The Bertz CT molecular complexity index is 323. The summed E-state index contributed by atoms with van der Waals surface area (Å²) in [6.07, 6.45) is 0.166. The second-order valence-corrected chi connectivity index (χ2v) is 3.58. The molecule has 1 fully saturated rings. The highest BCUT2D eigenvalue weighted by Gasteiger charge is 2.33. The van der Waals surface area contributed by atoms with E-state index >= 15 is 0 Å². The molecule has 1 rings (SSSR count). The van der Waals surface area contributed by atoms with Crippen molar-refractivity contribution in [2.45, 2.75) is 31.9 Å². The normalized spacial score (nSPS) is 24.4. The molecule has 0 radical (unpaired) electrons. The van der Waals surface area contributed by atoms with E-state index in [9.17, 15) is 9.59 Å². The summed E-state index contributed by atoms with van der Waals surface area (Å²) in [5.41, 5.74) is 0. The topological polar surface area (TPSA) is 79.6 Å². The minimum atomic E-state index is -0.566. The Morgan fingerprint density at radius 2 is 2.12 bits per heavy atom. The summed E-state index contributed by atoms with van der Waals surface area (Å²) in [6.45, 7) is 1.53. The first-order chi connectivity index (χ1) is 7.58. The number of rotatable bonds is 1.